The second-order valence-electron chi connectivity index (χ2n) is 7.25. The first-order valence-electron chi connectivity index (χ1n) is 9.54. The Hall–Kier alpha value is -3.74. The summed E-state index contributed by atoms with van der Waals surface area (Å²) in [4.78, 5) is 36.8. The van der Waals surface area contributed by atoms with Crippen LogP contribution in [0.4, 0.5) is 5.82 Å². The van der Waals surface area contributed by atoms with E-state index in [0.717, 1.165) is 40.9 Å². The van der Waals surface area contributed by atoms with Gasteiger partial charge in [-0.1, -0.05) is 6.07 Å². The number of nitrogens with zero attached hydrogens (tertiary/aromatic N) is 3. The molecule has 0 aromatic carbocycles. The van der Waals surface area contributed by atoms with Crippen LogP contribution in [-0.4, -0.2) is 25.4 Å². The third-order valence-corrected chi connectivity index (χ3v) is 5.09. The van der Waals surface area contributed by atoms with Crippen LogP contribution in [0.2, 0.25) is 0 Å². The van der Waals surface area contributed by atoms with Crippen molar-refractivity contribution in [1.82, 2.24) is 19.5 Å². The maximum Gasteiger partial charge on any atom is 0.260 e. The van der Waals surface area contributed by atoms with E-state index in [2.05, 4.69) is 20.3 Å². The Bertz CT molecular complexity index is 1290. The molecule has 29 heavy (non-hydrogen) atoms. The minimum absolute atomic E-state index is 0.00991. The first-order chi connectivity index (χ1) is 14.1. The summed E-state index contributed by atoms with van der Waals surface area (Å²) in [5.41, 5.74) is 3.83. The zero-order chi connectivity index (χ0) is 20.0. The van der Waals surface area contributed by atoms with Crippen LogP contribution in [0.15, 0.2) is 59.8 Å². The van der Waals surface area contributed by atoms with Gasteiger partial charge < -0.3 is 14.9 Å². The average molecular weight is 385 g/mol. The molecule has 4 heterocycles. The summed E-state index contributed by atoms with van der Waals surface area (Å²) in [6.07, 6.45) is 7.28. The Morgan fingerprint density at radius 3 is 2.76 bits per heavy atom. The van der Waals surface area contributed by atoms with Crippen molar-refractivity contribution in [2.24, 2.45) is 0 Å². The van der Waals surface area contributed by atoms with Crippen molar-refractivity contribution in [3.63, 3.8) is 0 Å². The minimum Gasteiger partial charge on any atom is -0.354 e. The quantitative estimate of drug-likeness (QED) is 0.560. The molecule has 144 valence electrons. The molecule has 1 aliphatic carbocycles. The largest absolute Gasteiger partial charge is 0.354 e. The van der Waals surface area contributed by atoms with Gasteiger partial charge in [0.2, 0.25) is 5.91 Å². The van der Waals surface area contributed by atoms with Gasteiger partial charge in [0.05, 0.1) is 22.3 Å². The Balaban J connectivity index is 1.79. The van der Waals surface area contributed by atoms with E-state index in [-0.39, 0.29) is 17.5 Å². The molecule has 2 N–H and O–H groups in total. The maximum atomic E-state index is 13.3. The SMILES string of the molecule is CC(=O)Nc1cc(-c2[nH]c3ccn(C4CC4)c(=O)c3c2-c2ccccn2)ccn1. The van der Waals surface area contributed by atoms with Gasteiger partial charge in [0, 0.05) is 42.7 Å². The molecule has 0 aliphatic heterocycles. The molecule has 0 saturated heterocycles. The fraction of sp³-hybridized carbons (Fsp3) is 0.182. The number of H-pyrrole nitrogens is 1. The van der Waals surface area contributed by atoms with Crippen molar-refractivity contribution >= 4 is 22.6 Å². The molecule has 4 aromatic rings. The van der Waals surface area contributed by atoms with E-state index in [9.17, 15) is 9.59 Å². The van der Waals surface area contributed by atoms with E-state index in [0.29, 0.717) is 11.2 Å². The summed E-state index contributed by atoms with van der Waals surface area (Å²) in [6.45, 7) is 1.44. The number of carbonyl (C=O) groups is 1. The lowest BCUT2D eigenvalue weighted by atomic mass is 10.0. The number of pyridine rings is 3. The Kier molecular flexibility index (Phi) is 4.01. The van der Waals surface area contributed by atoms with Crippen LogP contribution >= 0.6 is 0 Å². The van der Waals surface area contributed by atoms with Gasteiger partial charge in [0.15, 0.2) is 0 Å². The third-order valence-electron chi connectivity index (χ3n) is 5.09. The highest BCUT2D eigenvalue weighted by Crippen LogP contribution is 2.38. The highest BCUT2D eigenvalue weighted by atomic mass is 16.1. The fourth-order valence-electron chi connectivity index (χ4n) is 3.68. The molecule has 7 heteroatoms. The first-order valence-corrected chi connectivity index (χ1v) is 9.54. The molecule has 5 rings (SSSR count). The number of nitrogens with one attached hydrogen (secondary N) is 2. The smallest absolute Gasteiger partial charge is 0.260 e. The lowest BCUT2D eigenvalue weighted by molar-refractivity contribution is -0.114. The summed E-state index contributed by atoms with van der Waals surface area (Å²) >= 11 is 0. The van der Waals surface area contributed by atoms with Gasteiger partial charge >= 0.3 is 0 Å². The lowest BCUT2D eigenvalue weighted by Gasteiger charge is -2.07. The Morgan fingerprint density at radius 2 is 2.03 bits per heavy atom. The number of aromatic nitrogens is 4. The Morgan fingerprint density at radius 1 is 1.17 bits per heavy atom. The van der Waals surface area contributed by atoms with Crippen molar-refractivity contribution < 1.29 is 4.79 Å². The predicted molar refractivity (Wildman–Crippen MR) is 112 cm³/mol. The van der Waals surface area contributed by atoms with Crippen molar-refractivity contribution in [3.05, 3.63) is 65.3 Å². The molecule has 0 atom stereocenters. The molecule has 4 aromatic heterocycles. The predicted octanol–water partition coefficient (Wildman–Crippen LogP) is 3.75. The van der Waals surface area contributed by atoms with Gasteiger partial charge in [0.1, 0.15) is 5.82 Å². The van der Waals surface area contributed by atoms with Crippen LogP contribution in [0.5, 0.6) is 0 Å². The maximum absolute atomic E-state index is 13.3. The first kappa shape index (κ1) is 17.4. The van der Waals surface area contributed by atoms with E-state index in [4.69, 9.17) is 0 Å². The average Bonchev–Trinajstić information content (AvgIpc) is 3.47. The summed E-state index contributed by atoms with van der Waals surface area (Å²) in [7, 11) is 0. The molecule has 1 aliphatic rings. The van der Waals surface area contributed by atoms with Crippen molar-refractivity contribution in [1.29, 1.82) is 0 Å². The number of amides is 1. The van der Waals surface area contributed by atoms with Crippen LogP contribution in [0.3, 0.4) is 0 Å². The molecule has 7 nitrogen and oxygen atoms in total. The number of rotatable bonds is 4. The number of carbonyl (C=O) groups excluding carboxylic acids is 1. The van der Waals surface area contributed by atoms with Crippen LogP contribution in [0, 0.1) is 0 Å². The normalized spacial score (nSPS) is 13.6. The van der Waals surface area contributed by atoms with Crippen LogP contribution in [0.25, 0.3) is 33.4 Å². The zero-order valence-corrected chi connectivity index (χ0v) is 15.8. The minimum atomic E-state index is -0.191. The number of fused-ring (bicyclic) bond motifs is 1. The topological polar surface area (TPSA) is 92.7 Å². The third kappa shape index (κ3) is 3.10. The van der Waals surface area contributed by atoms with Crippen molar-refractivity contribution in [3.8, 4) is 22.5 Å². The Labute approximate surface area is 166 Å². The van der Waals surface area contributed by atoms with Gasteiger partial charge in [-0.3, -0.25) is 14.6 Å². The molecule has 0 spiro atoms. The van der Waals surface area contributed by atoms with E-state index in [1.807, 2.05) is 41.1 Å². The van der Waals surface area contributed by atoms with Crippen molar-refractivity contribution in [2.75, 3.05) is 5.32 Å². The molecule has 0 bridgehead atoms. The van der Waals surface area contributed by atoms with Gasteiger partial charge in [-0.15, -0.1) is 0 Å². The zero-order valence-electron chi connectivity index (χ0n) is 15.8. The second kappa shape index (κ2) is 6.70. The molecule has 1 saturated carbocycles. The standard InChI is InChI=1S/C22H19N5O2/c1-13(28)25-18-12-14(7-10-24-18)21-19(16-4-2-3-9-23-16)20-17(26-21)8-11-27(22(20)29)15-5-6-15/h2-4,7-12,15,26H,5-6H2,1H3,(H,24,25,28). The summed E-state index contributed by atoms with van der Waals surface area (Å²) in [6, 6.07) is 11.5. The number of aromatic amines is 1. The van der Waals surface area contributed by atoms with E-state index in [1.165, 1.54) is 6.92 Å². The molecule has 1 fully saturated rings. The number of hydrogen-bond donors (Lipinski definition) is 2. The van der Waals surface area contributed by atoms with Crippen LogP contribution < -0.4 is 10.9 Å². The van der Waals surface area contributed by atoms with Gasteiger partial charge in [-0.05, 0) is 43.2 Å². The van der Waals surface area contributed by atoms with E-state index < -0.39 is 0 Å². The number of hydrogen-bond acceptors (Lipinski definition) is 4. The molecule has 1 amide bonds. The van der Waals surface area contributed by atoms with Crippen LogP contribution in [0.1, 0.15) is 25.8 Å². The molecule has 0 unspecified atom stereocenters. The van der Waals surface area contributed by atoms with E-state index in [1.54, 1.807) is 18.5 Å². The van der Waals surface area contributed by atoms with Gasteiger partial charge in [-0.2, -0.15) is 0 Å². The molecule has 0 radical (unpaired) electrons. The van der Waals surface area contributed by atoms with Crippen molar-refractivity contribution in [2.45, 2.75) is 25.8 Å². The second-order valence-corrected chi connectivity index (χ2v) is 7.25. The highest BCUT2D eigenvalue weighted by molar-refractivity contribution is 6.02. The van der Waals surface area contributed by atoms with Crippen LogP contribution in [-0.2, 0) is 4.79 Å². The summed E-state index contributed by atoms with van der Waals surface area (Å²) in [5.74, 6) is 0.264. The van der Waals surface area contributed by atoms with Gasteiger partial charge in [-0.25, -0.2) is 4.98 Å². The monoisotopic (exact) mass is 385 g/mol. The highest BCUT2D eigenvalue weighted by Gasteiger charge is 2.27. The summed E-state index contributed by atoms with van der Waals surface area (Å²) < 4.78 is 1.82. The molecular weight excluding hydrogens is 366 g/mol. The number of anilines is 1. The summed E-state index contributed by atoms with van der Waals surface area (Å²) in [5, 5.41) is 3.34. The fourth-order valence-corrected chi connectivity index (χ4v) is 3.68. The lowest BCUT2D eigenvalue weighted by Crippen LogP contribution is -2.18. The van der Waals surface area contributed by atoms with E-state index >= 15 is 0 Å². The molecular formula is C22H19N5O2. The van der Waals surface area contributed by atoms with Gasteiger partial charge in [0.25, 0.3) is 5.56 Å².